The third kappa shape index (κ3) is 4.51. The quantitative estimate of drug-likeness (QED) is 0.678. The summed E-state index contributed by atoms with van der Waals surface area (Å²) in [6.45, 7) is 4.31. The molecule has 0 aliphatic carbocycles. The molecule has 2 N–H and O–H groups in total. The molecule has 1 aromatic heterocycles. The maximum Gasteiger partial charge on any atom is 0.408 e. The highest BCUT2D eigenvalue weighted by atomic mass is 16.5. The summed E-state index contributed by atoms with van der Waals surface area (Å²) in [6, 6.07) is 19.3. The number of benzene rings is 2. The van der Waals surface area contributed by atoms with Crippen LogP contribution in [0.2, 0.25) is 0 Å². The summed E-state index contributed by atoms with van der Waals surface area (Å²) < 4.78 is 5.33. The van der Waals surface area contributed by atoms with E-state index in [0.717, 1.165) is 22.6 Å². The van der Waals surface area contributed by atoms with Crippen LogP contribution in [0.15, 0.2) is 66.9 Å². The molecule has 0 spiro atoms. The largest absolute Gasteiger partial charge is 0.445 e. The van der Waals surface area contributed by atoms with Gasteiger partial charge in [-0.25, -0.2) is 9.78 Å². The second-order valence-corrected chi connectivity index (χ2v) is 6.46. The van der Waals surface area contributed by atoms with E-state index in [1.165, 1.54) is 0 Å². The minimum atomic E-state index is -0.454. The van der Waals surface area contributed by atoms with E-state index in [9.17, 15) is 4.79 Å². The predicted octanol–water partition coefficient (Wildman–Crippen LogP) is 4.70. The molecule has 1 amide bonds. The van der Waals surface area contributed by atoms with Crippen LogP contribution < -0.4 is 5.32 Å². The Labute approximate surface area is 153 Å². The van der Waals surface area contributed by atoms with Crippen LogP contribution in [0.1, 0.15) is 31.3 Å². The van der Waals surface area contributed by atoms with Gasteiger partial charge in [0.1, 0.15) is 12.4 Å². The number of aromatic amines is 1. The Hall–Kier alpha value is -3.08. The second-order valence-electron chi connectivity index (χ2n) is 6.46. The monoisotopic (exact) mass is 349 g/mol. The Kier molecular flexibility index (Phi) is 5.69. The predicted molar refractivity (Wildman–Crippen MR) is 101 cm³/mol. The molecule has 1 atom stereocenters. The van der Waals surface area contributed by atoms with Crippen molar-refractivity contribution in [2.24, 2.45) is 5.92 Å². The van der Waals surface area contributed by atoms with Gasteiger partial charge in [0.15, 0.2) is 0 Å². The molecule has 0 saturated carbocycles. The third-order valence-electron chi connectivity index (χ3n) is 4.11. The van der Waals surface area contributed by atoms with Crippen LogP contribution in [-0.4, -0.2) is 16.1 Å². The van der Waals surface area contributed by atoms with Crippen LogP contribution in [0.25, 0.3) is 11.3 Å². The van der Waals surface area contributed by atoms with Crippen LogP contribution in [0.4, 0.5) is 4.79 Å². The highest BCUT2D eigenvalue weighted by Gasteiger charge is 2.22. The first-order valence-electron chi connectivity index (χ1n) is 8.71. The summed E-state index contributed by atoms with van der Waals surface area (Å²) in [7, 11) is 0. The van der Waals surface area contributed by atoms with Crippen LogP contribution in [0, 0.1) is 5.92 Å². The van der Waals surface area contributed by atoms with Crippen LogP contribution in [0.5, 0.6) is 0 Å². The highest BCUT2D eigenvalue weighted by Crippen LogP contribution is 2.23. The zero-order valence-electron chi connectivity index (χ0n) is 15.0. The Morgan fingerprint density at radius 1 is 1.08 bits per heavy atom. The lowest BCUT2D eigenvalue weighted by Crippen LogP contribution is -2.32. The summed E-state index contributed by atoms with van der Waals surface area (Å²) in [5.74, 6) is 0.879. The van der Waals surface area contributed by atoms with Crippen molar-refractivity contribution in [1.29, 1.82) is 0 Å². The third-order valence-corrected chi connectivity index (χ3v) is 4.11. The number of hydrogen-bond acceptors (Lipinski definition) is 3. The number of nitrogens with one attached hydrogen (secondary N) is 2. The molecule has 5 heteroatoms. The van der Waals surface area contributed by atoms with Crippen molar-refractivity contribution in [3.63, 3.8) is 0 Å². The van der Waals surface area contributed by atoms with Crippen molar-refractivity contribution in [2.75, 3.05) is 0 Å². The van der Waals surface area contributed by atoms with Gasteiger partial charge < -0.3 is 15.0 Å². The van der Waals surface area contributed by atoms with Gasteiger partial charge in [-0.2, -0.15) is 0 Å². The highest BCUT2D eigenvalue weighted by molar-refractivity contribution is 5.68. The lowest BCUT2D eigenvalue weighted by molar-refractivity contribution is 0.132. The van der Waals surface area contributed by atoms with E-state index in [0.29, 0.717) is 0 Å². The van der Waals surface area contributed by atoms with Gasteiger partial charge in [0.05, 0.1) is 11.7 Å². The Balaban J connectivity index is 1.66. The van der Waals surface area contributed by atoms with Gasteiger partial charge in [-0.3, -0.25) is 0 Å². The number of nitrogens with zero attached hydrogens (tertiary/aromatic N) is 1. The molecular formula is C21H23N3O2. The first-order valence-corrected chi connectivity index (χ1v) is 8.71. The Morgan fingerprint density at radius 3 is 2.38 bits per heavy atom. The lowest BCUT2D eigenvalue weighted by atomic mass is 10.0. The van der Waals surface area contributed by atoms with Gasteiger partial charge in [0.25, 0.3) is 0 Å². The summed E-state index contributed by atoms with van der Waals surface area (Å²) >= 11 is 0. The summed E-state index contributed by atoms with van der Waals surface area (Å²) in [6.07, 6.45) is 1.40. The fourth-order valence-corrected chi connectivity index (χ4v) is 2.70. The SMILES string of the molecule is CC(C)[C@H](NC(=O)OCc1ccccc1)c1nc(-c2ccccc2)c[nH]1. The fraction of sp³-hybridized carbons (Fsp3) is 0.238. The molecule has 26 heavy (non-hydrogen) atoms. The first-order chi connectivity index (χ1) is 12.6. The Morgan fingerprint density at radius 2 is 1.73 bits per heavy atom. The van der Waals surface area contributed by atoms with Crippen LogP contribution in [-0.2, 0) is 11.3 Å². The molecule has 1 heterocycles. The van der Waals surface area contributed by atoms with E-state index in [4.69, 9.17) is 4.74 Å². The van der Waals surface area contributed by atoms with Crippen molar-refractivity contribution in [3.05, 3.63) is 78.2 Å². The molecule has 0 radical (unpaired) electrons. The lowest BCUT2D eigenvalue weighted by Gasteiger charge is -2.20. The molecule has 0 aliphatic heterocycles. The van der Waals surface area contributed by atoms with Crippen molar-refractivity contribution < 1.29 is 9.53 Å². The van der Waals surface area contributed by atoms with E-state index in [-0.39, 0.29) is 18.6 Å². The van der Waals surface area contributed by atoms with Gasteiger partial charge in [0.2, 0.25) is 0 Å². The maximum absolute atomic E-state index is 12.2. The van der Waals surface area contributed by atoms with Crippen LogP contribution >= 0.6 is 0 Å². The summed E-state index contributed by atoms with van der Waals surface area (Å²) in [5, 5.41) is 2.91. The average Bonchev–Trinajstić information content (AvgIpc) is 3.15. The van der Waals surface area contributed by atoms with E-state index < -0.39 is 6.09 Å². The maximum atomic E-state index is 12.2. The zero-order chi connectivity index (χ0) is 18.4. The first kappa shape index (κ1) is 17.7. The zero-order valence-corrected chi connectivity index (χ0v) is 15.0. The number of carbonyl (C=O) groups excluding carboxylic acids is 1. The molecule has 3 aromatic rings. The van der Waals surface area contributed by atoms with Crippen molar-refractivity contribution >= 4 is 6.09 Å². The normalized spacial score (nSPS) is 12.0. The van der Waals surface area contributed by atoms with E-state index >= 15 is 0 Å². The van der Waals surface area contributed by atoms with Gasteiger partial charge in [0, 0.05) is 11.8 Å². The van der Waals surface area contributed by atoms with Crippen molar-refractivity contribution in [3.8, 4) is 11.3 Å². The molecule has 5 nitrogen and oxygen atoms in total. The second kappa shape index (κ2) is 8.34. The summed E-state index contributed by atoms with van der Waals surface area (Å²) in [5.41, 5.74) is 2.84. The number of H-pyrrole nitrogens is 1. The minimum absolute atomic E-state index is 0.161. The molecular weight excluding hydrogens is 326 g/mol. The summed E-state index contributed by atoms with van der Waals surface area (Å²) in [4.78, 5) is 20.0. The number of rotatable bonds is 6. The standard InChI is InChI=1S/C21H23N3O2/c1-15(2)19(24-21(25)26-14-16-9-5-3-6-10-16)20-22-13-18(23-20)17-11-7-4-8-12-17/h3-13,15,19H,14H2,1-2H3,(H,22,23)(H,24,25)/t19-/m0/s1. The number of ether oxygens (including phenoxy) is 1. The molecule has 3 rings (SSSR count). The van der Waals surface area contributed by atoms with Crippen LogP contribution in [0.3, 0.4) is 0 Å². The van der Waals surface area contributed by atoms with Gasteiger partial charge in [-0.05, 0) is 11.5 Å². The minimum Gasteiger partial charge on any atom is -0.445 e. The molecule has 2 aromatic carbocycles. The molecule has 0 bridgehead atoms. The number of carbonyl (C=O) groups is 1. The van der Waals surface area contributed by atoms with E-state index in [1.54, 1.807) is 0 Å². The molecule has 134 valence electrons. The van der Waals surface area contributed by atoms with Gasteiger partial charge >= 0.3 is 6.09 Å². The van der Waals surface area contributed by atoms with Crippen molar-refractivity contribution in [1.82, 2.24) is 15.3 Å². The number of amides is 1. The number of imidazole rings is 1. The fourth-order valence-electron chi connectivity index (χ4n) is 2.70. The molecule has 0 fully saturated rings. The number of aromatic nitrogens is 2. The van der Waals surface area contributed by atoms with E-state index in [2.05, 4.69) is 15.3 Å². The van der Waals surface area contributed by atoms with Gasteiger partial charge in [-0.15, -0.1) is 0 Å². The topological polar surface area (TPSA) is 67.0 Å². The Bertz CT molecular complexity index is 829. The van der Waals surface area contributed by atoms with Crippen molar-refractivity contribution in [2.45, 2.75) is 26.5 Å². The number of alkyl carbamates (subject to hydrolysis) is 1. The average molecular weight is 349 g/mol. The number of hydrogen-bond donors (Lipinski definition) is 2. The molecule has 0 unspecified atom stereocenters. The van der Waals surface area contributed by atoms with E-state index in [1.807, 2.05) is 80.7 Å². The van der Waals surface area contributed by atoms with Gasteiger partial charge in [-0.1, -0.05) is 74.5 Å². The smallest absolute Gasteiger partial charge is 0.408 e. The molecule has 0 saturated heterocycles. The molecule has 0 aliphatic rings.